The van der Waals surface area contributed by atoms with Crippen molar-refractivity contribution in [3.63, 3.8) is 0 Å². The normalized spacial score (nSPS) is 10.5. The quantitative estimate of drug-likeness (QED) is 0.282. The molecule has 1 amide bonds. The number of rotatable bonds is 9. The molecule has 3 N–H and O–H groups in total. The molecule has 0 bridgehead atoms. The summed E-state index contributed by atoms with van der Waals surface area (Å²) in [6.45, 7) is 0.312. The van der Waals surface area contributed by atoms with Crippen molar-refractivity contribution in [3.8, 4) is 17.2 Å². The Balaban J connectivity index is 1.63. The van der Waals surface area contributed by atoms with E-state index in [2.05, 4.69) is 0 Å². The average Bonchev–Trinajstić information content (AvgIpc) is 2.90. The van der Waals surface area contributed by atoms with Gasteiger partial charge in [0.15, 0.2) is 0 Å². The average molecular weight is 498 g/mol. The second-order valence-electron chi connectivity index (χ2n) is 8.23. The maximum atomic E-state index is 13.5. The number of aromatic carboxylic acids is 2. The number of phenolic OH excluding ortho intramolecular Hbond substituents is 1. The van der Waals surface area contributed by atoms with Gasteiger partial charge in [-0.15, -0.1) is 0 Å². The Hall–Kier alpha value is -5.11. The van der Waals surface area contributed by atoms with Gasteiger partial charge in [0.1, 0.15) is 17.2 Å². The third kappa shape index (κ3) is 6.12. The molecule has 0 heterocycles. The summed E-state index contributed by atoms with van der Waals surface area (Å²) in [4.78, 5) is 38.1. The number of nitrogens with zero attached hydrogens (tertiary/aromatic N) is 1. The molecule has 4 aromatic rings. The lowest BCUT2D eigenvalue weighted by atomic mass is 10.0. The van der Waals surface area contributed by atoms with Gasteiger partial charge < -0.3 is 25.0 Å². The van der Waals surface area contributed by atoms with Crippen molar-refractivity contribution >= 4 is 17.8 Å². The number of hydrogen-bond donors (Lipinski definition) is 3. The fraction of sp³-hybridized carbons (Fsp3) is 0.0690. The predicted molar refractivity (Wildman–Crippen MR) is 135 cm³/mol. The lowest BCUT2D eigenvalue weighted by Gasteiger charge is -2.24. The van der Waals surface area contributed by atoms with Crippen LogP contribution in [-0.2, 0) is 13.1 Å². The second kappa shape index (κ2) is 11.1. The van der Waals surface area contributed by atoms with Crippen LogP contribution < -0.4 is 4.74 Å². The number of aromatic hydroxyl groups is 1. The highest BCUT2D eigenvalue weighted by Crippen LogP contribution is 2.27. The maximum absolute atomic E-state index is 13.5. The third-order valence-corrected chi connectivity index (χ3v) is 5.61. The van der Waals surface area contributed by atoms with Crippen molar-refractivity contribution in [2.75, 3.05) is 0 Å². The van der Waals surface area contributed by atoms with Crippen LogP contribution in [0.25, 0.3) is 0 Å². The highest BCUT2D eigenvalue weighted by Gasteiger charge is 2.25. The molecule has 0 saturated heterocycles. The van der Waals surface area contributed by atoms with Gasteiger partial charge in [-0.05, 0) is 47.5 Å². The lowest BCUT2D eigenvalue weighted by Crippen LogP contribution is -2.30. The molecule has 8 heteroatoms. The maximum Gasteiger partial charge on any atom is 0.336 e. The van der Waals surface area contributed by atoms with E-state index in [0.29, 0.717) is 11.5 Å². The second-order valence-corrected chi connectivity index (χ2v) is 8.23. The fourth-order valence-corrected chi connectivity index (χ4v) is 3.80. The summed E-state index contributed by atoms with van der Waals surface area (Å²) in [6, 6.07) is 27.3. The molecule has 4 aromatic carbocycles. The number of ether oxygens (including phenoxy) is 1. The predicted octanol–water partition coefficient (Wildman–Crippen LogP) is 5.42. The van der Waals surface area contributed by atoms with E-state index in [-0.39, 0.29) is 18.7 Å². The van der Waals surface area contributed by atoms with E-state index in [9.17, 15) is 29.7 Å². The van der Waals surface area contributed by atoms with E-state index < -0.39 is 34.7 Å². The van der Waals surface area contributed by atoms with Crippen molar-refractivity contribution < 1.29 is 34.4 Å². The molecule has 0 atom stereocenters. The van der Waals surface area contributed by atoms with Crippen molar-refractivity contribution in [1.82, 2.24) is 4.90 Å². The largest absolute Gasteiger partial charge is 0.507 e. The van der Waals surface area contributed by atoms with Crippen LogP contribution in [0.5, 0.6) is 17.2 Å². The summed E-state index contributed by atoms with van der Waals surface area (Å²) in [7, 11) is 0. The topological polar surface area (TPSA) is 124 Å². The monoisotopic (exact) mass is 497 g/mol. The molecule has 0 spiro atoms. The number of carboxylic acids is 2. The number of carboxylic acid groups (broad SMARTS) is 2. The zero-order valence-corrected chi connectivity index (χ0v) is 19.6. The van der Waals surface area contributed by atoms with Gasteiger partial charge in [0.25, 0.3) is 5.91 Å². The Labute approximate surface area is 212 Å². The van der Waals surface area contributed by atoms with E-state index in [4.69, 9.17) is 4.74 Å². The minimum Gasteiger partial charge on any atom is -0.507 e. The first kappa shape index (κ1) is 25.0. The molecule has 0 aliphatic heterocycles. The molecule has 4 rings (SSSR count). The smallest absolute Gasteiger partial charge is 0.336 e. The van der Waals surface area contributed by atoms with Crippen LogP contribution in [0.3, 0.4) is 0 Å². The molecule has 0 aliphatic carbocycles. The highest BCUT2D eigenvalue weighted by atomic mass is 16.5. The van der Waals surface area contributed by atoms with Crippen molar-refractivity contribution in [3.05, 3.63) is 125 Å². The van der Waals surface area contributed by atoms with Gasteiger partial charge in [0.05, 0.1) is 16.7 Å². The van der Waals surface area contributed by atoms with Gasteiger partial charge >= 0.3 is 11.9 Å². The summed E-state index contributed by atoms with van der Waals surface area (Å²) in [5, 5.41) is 29.2. The Morgan fingerprint density at radius 2 is 1.11 bits per heavy atom. The number of benzene rings is 4. The summed E-state index contributed by atoms with van der Waals surface area (Å²) < 4.78 is 5.82. The molecule has 8 nitrogen and oxygen atoms in total. The molecule has 0 aliphatic rings. The van der Waals surface area contributed by atoms with Gasteiger partial charge in [0.2, 0.25) is 0 Å². The lowest BCUT2D eigenvalue weighted by molar-refractivity contribution is 0.0649. The molecule has 0 radical (unpaired) electrons. The van der Waals surface area contributed by atoms with Crippen LogP contribution in [0.2, 0.25) is 0 Å². The zero-order chi connectivity index (χ0) is 26.4. The number of phenols is 1. The fourth-order valence-electron chi connectivity index (χ4n) is 3.80. The van der Waals surface area contributed by atoms with Crippen LogP contribution >= 0.6 is 0 Å². The molecule has 0 aromatic heterocycles. The number of carbonyl (C=O) groups excluding carboxylic acids is 1. The Bertz CT molecular complexity index is 1420. The van der Waals surface area contributed by atoms with Crippen LogP contribution in [0.4, 0.5) is 0 Å². The number of amides is 1. The molecular weight excluding hydrogens is 474 g/mol. The number of para-hydroxylation sites is 1. The molecule has 37 heavy (non-hydrogen) atoms. The van der Waals surface area contributed by atoms with Gasteiger partial charge in [-0.2, -0.15) is 0 Å². The summed E-state index contributed by atoms with van der Waals surface area (Å²) in [5.41, 5.74) is 0.0908. The van der Waals surface area contributed by atoms with E-state index in [0.717, 1.165) is 23.3 Å². The number of hydrogen-bond acceptors (Lipinski definition) is 5. The zero-order valence-electron chi connectivity index (χ0n) is 19.6. The molecule has 186 valence electrons. The summed E-state index contributed by atoms with van der Waals surface area (Å²) in [5.74, 6) is -3.00. The third-order valence-electron chi connectivity index (χ3n) is 5.61. The summed E-state index contributed by atoms with van der Waals surface area (Å²) in [6.07, 6.45) is 0. The van der Waals surface area contributed by atoms with Crippen molar-refractivity contribution in [2.24, 2.45) is 0 Å². The van der Waals surface area contributed by atoms with Crippen LogP contribution in [-0.4, -0.2) is 38.1 Å². The first-order valence-corrected chi connectivity index (χ1v) is 11.3. The summed E-state index contributed by atoms with van der Waals surface area (Å²) >= 11 is 0. The molecule has 0 saturated carbocycles. The molecule has 0 unspecified atom stereocenters. The standard InChI is InChI=1S/C29H23NO7/c31-26-16-24(29(35)36)23(28(33)34)15-25(26)27(32)30(17-19-7-3-1-4-8-19)18-20-11-13-22(14-12-20)37-21-9-5-2-6-10-21/h1-16,31H,17-18H2,(H,33,34)(H,35,36). The van der Waals surface area contributed by atoms with Crippen molar-refractivity contribution in [1.29, 1.82) is 0 Å². The van der Waals surface area contributed by atoms with Gasteiger partial charge in [-0.25, -0.2) is 9.59 Å². The minimum atomic E-state index is -1.52. The van der Waals surface area contributed by atoms with Crippen molar-refractivity contribution in [2.45, 2.75) is 13.1 Å². The first-order chi connectivity index (χ1) is 17.8. The Kier molecular flexibility index (Phi) is 7.49. The Morgan fingerprint density at radius 3 is 1.68 bits per heavy atom. The highest BCUT2D eigenvalue weighted by molar-refractivity contribution is 6.06. The molecule has 0 fully saturated rings. The van der Waals surface area contributed by atoms with Gasteiger partial charge in [0, 0.05) is 13.1 Å². The Morgan fingerprint density at radius 1 is 0.622 bits per heavy atom. The molecular formula is C29H23NO7. The van der Waals surface area contributed by atoms with Crippen LogP contribution in [0, 0.1) is 0 Å². The number of carbonyl (C=O) groups is 3. The van der Waals surface area contributed by atoms with E-state index in [1.54, 1.807) is 24.3 Å². The minimum absolute atomic E-state index is 0.141. The first-order valence-electron chi connectivity index (χ1n) is 11.3. The van der Waals surface area contributed by atoms with E-state index in [1.807, 2.05) is 60.7 Å². The van der Waals surface area contributed by atoms with Gasteiger partial charge in [-0.3, -0.25) is 4.79 Å². The van der Waals surface area contributed by atoms with E-state index >= 15 is 0 Å². The SMILES string of the molecule is O=C(O)c1cc(O)c(C(=O)N(Cc2ccccc2)Cc2ccc(Oc3ccccc3)cc2)cc1C(=O)O. The van der Waals surface area contributed by atoms with Crippen LogP contribution in [0.15, 0.2) is 97.1 Å². The van der Waals surface area contributed by atoms with Crippen LogP contribution in [0.1, 0.15) is 42.2 Å². The van der Waals surface area contributed by atoms with E-state index in [1.165, 1.54) is 4.90 Å². The van der Waals surface area contributed by atoms with Gasteiger partial charge in [-0.1, -0.05) is 60.7 Å².